The van der Waals surface area contributed by atoms with Gasteiger partial charge >= 0.3 is 6.03 Å². The van der Waals surface area contributed by atoms with E-state index in [2.05, 4.69) is 46.5 Å². The molecule has 2 fully saturated rings. The van der Waals surface area contributed by atoms with E-state index in [1.54, 1.807) is 9.80 Å². The Kier molecular flexibility index (Phi) is 8.66. The molecule has 9 heteroatoms. The maximum absolute atomic E-state index is 14.5. The zero-order valence-corrected chi connectivity index (χ0v) is 27.4. The number of aromatic amines is 1. The van der Waals surface area contributed by atoms with Crippen molar-refractivity contribution in [3.05, 3.63) is 71.4 Å². The molecule has 1 spiro atoms. The quantitative estimate of drug-likeness (QED) is 0.429. The van der Waals surface area contributed by atoms with Gasteiger partial charge in [-0.05, 0) is 68.5 Å². The minimum atomic E-state index is -0.714. The van der Waals surface area contributed by atoms with Gasteiger partial charge < -0.3 is 29.9 Å². The molecule has 3 heterocycles. The van der Waals surface area contributed by atoms with E-state index in [4.69, 9.17) is 0 Å². The number of para-hydroxylation sites is 1. The van der Waals surface area contributed by atoms with Crippen molar-refractivity contribution in [1.82, 2.24) is 29.9 Å². The summed E-state index contributed by atoms with van der Waals surface area (Å²) in [7, 11) is 7.59. The minimum absolute atomic E-state index is 0.0441. The van der Waals surface area contributed by atoms with Gasteiger partial charge in [0.25, 0.3) is 0 Å². The van der Waals surface area contributed by atoms with Crippen molar-refractivity contribution in [2.24, 2.45) is 0 Å². The van der Waals surface area contributed by atoms with Gasteiger partial charge in [-0.3, -0.25) is 9.59 Å². The fraction of sp³-hybridized carbons (Fsp3) is 0.528. The van der Waals surface area contributed by atoms with Crippen LogP contribution in [0.4, 0.5) is 4.79 Å². The van der Waals surface area contributed by atoms with Gasteiger partial charge in [0.15, 0.2) is 0 Å². The highest BCUT2D eigenvalue weighted by Gasteiger charge is 2.49. The number of nitrogens with zero attached hydrogens (tertiary/aromatic N) is 4. The molecule has 0 radical (unpaired) electrons. The average Bonchev–Trinajstić information content (AvgIpc) is 3.62. The van der Waals surface area contributed by atoms with Crippen LogP contribution in [0.1, 0.15) is 67.6 Å². The third-order valence-corrected chi connectivity index (χ3v) is 10.9. The number of piperidine rings is 2. The predicted molar refractivity (Wildman–Crippen MR) is 177 cm³/mol. The Labute approximate surface area is 266 Å². The van der Waals surface area contributed by atoms with Gasteiger partial charge in [-0.2, -0.15) is 0 Å². The lowest BCUT2D eigenvalue weighted by atomic mass is 9.73. The fourth-order valence-corrected chi connectivity index (χ4v) is 8.16. The molecule has 0 bridgehead atoms. The number of likely N-dealkylation sites (N-methyl/N-ethyl adjacent to an activating group) is 3. The summed E-state index contributed by atoms with van der Waals surface area (Å²) in [4.78, 5) is 52.5. The molecule has 3 aliphatic rings. The smallest absolute Gasteiger partial charge is 0.318 e. The number of carbonyl (C=O) groups excluding carboxylic acids is 3. The molecule has 6 rings (SSSR count). The highest BCUT2D eigenvalue weighted by molar-refractivity contribution is 5.90. The number of H-pyrrole nitrogens is 1. The lowest BCUT2D eigenvalue weighted by Gasteiger charge is -2.42. The number of carbonyl (C=O) groups is 3. The molecule has 2 aliphatic heterocycles. The van der Waals surface area contributed by atoms with Crippen molar-refractivity contribution in [3.8, 4) is 0 Å². The van der Waals surface area contributed by atoms with Crippen LogP contribution in [0.2, 0.25) is 0 Å². The van der Waals surface area contributed by atoms with Gasteiger partial charge in [-0.25, -0.2) is 4.79 Å². The SMILES string of the molecule is C[C@H](c1c[nH]c2ccccc12)C(NC(=O)N(C)C1CCCN(C)C1)C(=O)N1CCC2(CC1)C[C@@H](C(=O)N(C)C)c1ccccc12. The van der Waals surface area contributed by atoms with Gasteiger partial charge in [0.1, 0.15) is 6.04 Å². The first-order valence-corrected chi connectivity index (χ1v) is 16.5. The van der Waals surface area contributed by atoms with Crippen LogP contribution in [0.25, 0.3) is 10.9 Å². The molecule has 9 nitrogen and oxygen atoms in total. The Balaban J connectivity index is 1.23. The van der Waals surface area contributed by atoms with E-state index in [9.17, 15) is 14.4 Å². The van der Waals surface area contributed by atoms with E-state index < -0.39 is 6.04 Å². The molecule has 1 aromatic heterocycles. The van der Waals surface area contributed by atoms with E-state index in [0.717, 1.165) is 67.2 Å². The second-order valence-electron chi connectivity index (χ2n) is 13.9. The van der Waals surface area contributed by atoms with Crippen molar-refractivity contribution >= 4 is 28.7 Å². The molecule has 45 heavy (non-hydrogen) atoms. The summed E-state index contributed by atoms with van der Waals surface area (Å²) in [6.07, 6.45) is 6.35. The molecular formula is C36H48N6O3. The number of amides is 4. The summed E-state index contributed by atoms with van der Waals surface area (Å²) in [6.45, 7) is 5.09. The molecule has 240 valence electrons. The first kappa shape index (κ1) is 31.1. The van der Waals surface area contributed by atoms with Crippen LogP contribution in [0, 0.1) is 0 Å². The molecule has 2 aromatic carbocycles. The Bertz CT molecular complexity index is 1560. The molecule has 3 aromatic rings. The Morgan fingerprint density at radius 1 is 1.00 bits per heavy atom. The van der Waals surface area contributed by atoms with E-state index in [-0.39, 0.29) is 41.1 Å². The number of rotatable bonds is 6. The summed E-state index contributed by atoms with van der Waals surface area (Å²) in [5.41, 5.74) is 4.30. The predicted octanol–water partition coefficient (Wildman–Crippen LogP) is 4.51. The summed E-state index contributed by atoms with van der Waals surface area (Å²) in [5.74, 6) is -0.300. The van der Waals surface area contributed by atoms with Crippen molar-refractivity contribution in [2.75, 3.05) is 54.4 Å². The zero-order valence-electron chi connectivity index (χ0n) is 27.4. The van der Waals surface area contributed by atoms with Crippen LogP contribution in [0.3, 0.4) is 0 Å². The number of urea groups is 1. The first-order valence-electron chi connectivity index (χ1n) is 16.5. The third-order valence-electron chi connectivity index (χ3n) is 10.9. The standard InChI is InChI=1S/C36H48N6O3/c1-24(29-22-37-31-15-9-7-13-27(29)31)32(38-35(45)41(5)25-11-10-18-40(4)23-25)34(44)42-19-16-36(17-20-42)21-28(33(43)39(2)3)26-12-6-8-14-30(26)36/h6-9,12-15,22,24-25,28,32,37H,10-11,16-21,23H2,1-5H3,(H,38,45)/t24-,25?,28-,32?/m1/s1. The molecule has 2 N–H and O–H groups in total. The van der Waals surface area contributed by atoms with Crippen molar-refractivity contribution in [3.63, 3.8) is 0 Å². The molecule has 4 amide bonds. The van der Waals surface area contributed by atoms with E-state index in [0.29, 0.717) is 13.1 Å². The average molecular weight is 613 g/mol. The zero-order chi connectivity index (χ0) is 31.9. The second kappa shape index (κ2) is 12.5. The monoisotopic (exact) mass is 612 g/mol. The van der Waals surface area contributed by atoms with Crippen LogP contribution in [0.5, 0.6) is 0 Å². The third kappa shape index (κ3) is 5.83. The second-order valence-corrected chi connectivity index (χ2v) is 13.9. The highest BCUT2D eigenvalue weighted by atomic mass is 16.2. The highest BCUT2D eigenvalue weighted by Crippen LogP contribution is 2.52. The first-order chi connectivity index (χ1) is 21.6. The van der Waals surface area contributed by atoms with Crippen LogP contribution in [0.15, 0.2) is 54.7 Å². The number of nitrogens with one attached hydrogen (secondary N) is 2. The molecule has 4 atom stereocenters. The Morgan fingerprint density at radius 2 is 1.71 bits per heavy atom. The minimum Gasteiger partial charge on any atom is -0.361 e. The summed E-state index contributed by atoms with van der Waals surface area (Å²) < 4.78 is 0. The summed E-state index contributed by atoms with van der Waals surface area (Å²) in [6, 6.07) is 15.7. The van der Waals surface area contributed by atoms with Crippen LogP contribution >= 0.6 is 0 Å². The number of fused-ring (bicyclic) bond motifs is 3. The van der Waals surface area contributed by atoms with Gasteiger partial charge in [-0.1, -0.05) is 49.4 Å². The van der Waals surface area contributed by atoms with Crippen LogP contribution in [-0.4, -0.2) is 109 Å². The molecule has 2 unspecified atom stereocenters. The van der Waals surface area contributed by atoms with Crippen LogP contribution in [-0.2, 0) is 15.0 Å². The van der Waals surface area contributed by atoms with Gasteiger partial charge in [0.05, 0.1) is 5.92 Å². The largest absolute Gasteiger partial charge is 0.361 e. The number of hydrogen-bond acceptors (Lipinski definition) is 4. The van der Waals surface area contributed by atoms with Crippen molar-refractivity contribution < 1.29 is 14.4 Å². The number of aromatic nitrogens is 1. The maximum atomic E-state index is 14.5. The number of hydrogen-bond donors (Lipinski definition) is 2. The maximum Gasteiger partial charge on any atom is 0.318 e. The van der Waals surface area contributed by atoms with Gasteiger partial charge in [0, 0.05) is 75.3 Å². The van der Waals surface area contributed by atoms with E-state index in [1.807, 2.05) is 63.4 Å². The molecule has 2 saturated heterocycles. The van der Waals surface area contributed by atoms with E-state index in [1.165, 1.54) is 5.56 Å². The summed E-state index contributed by atoms with van der Waals surface area (Å²) in [5, 5.41) is 4.27. The molecule has 0 saturated carbocycles. The Hall–Kier alpha value is -3.85. The van der Waals surface area contributed by atoms with Crippen LogP contribution < -0.4 is 5.32 Å². The fourth-order valence-electron chi connectivity index (χ4n) is 8.16. The molecular weight excluding hydrogens is 564 g/mol. The number of likely N-dealkylation sites (tertiary alicyclic amines) is 2. The lowest BCUT2D eigenvalue weighted by Crippen LogP contribution is -2.58. The van der Waals surface area contributed by atoms with Gasteiger partial charge in [-0.15, -0.1) is 0 Å². The number of benzene rings is 2. The molecule has 1 aliphatic carbocycles. The normalized spacial score (nSPS) is 22.6. The Morgan fingerprint density at radius 3 is 2.44 bits per heavy atom. The lowest BCUT2D eigenvalue weighted by molar-refractivity contribution is -0.136. The topological polar surface area (TPSA) is 92.0 Å². The van der Waals surface area contributed by atoms with Crippen molar-refractivity contribution in [1.29, 1.82) is 0 Å². The van der Waals surface area contributed by atoms with E-state index >= 15 is 0 Å². The summed E-state index contributed by atoms with van der Waals surface area (Å²) >= 11 is 0. The van der Waals surface area contributed by atoms with Crippen molar-refractivity contribution in [2.45, 2.75) is 68.4 Å². The van der Waals surface area contributed by atoms with Gasteiger partial charge in [0.2, 0.25) is 11.8 Å².